The Morgan fingerprint density at radius 2 is 1.80 bits per heavy atom. The van der Waals surface area contributed by atoms with E-state index in [-0.39, 0.29) is 36.9 Å². The summed E-state index contributed by atoms with van der Waals surface area (Å²) in [6, 6.07) is 4.91. The smallest absolute Gasteiger partial charge is 0.407 e. The van der Waals surface area contributed by atoms with Gasteiger partial charge >= 0.3 is 18.0 Å². The number of carbonyl (C=O) groups excluding carboxylic acids is 3. The fourth-order valence-electron chi connectivity index (χ4n) is 2.80. The molecule has 10 heteroatoms. The molecule has 0 saturated heterocycles. The lowest BCUT2D eigenvalue weighted by molar-refractivity contribution is -0.384. The summed E-state index contributed by atoms with van der Waals surface area (Å²) < 4.78 is 15.7. The molecule has 1 atom stereocenters. The molecule has 2 rings (SSSR count). The number of esters is 2. The highest BCUT2D eigenvalue weighted by Crippen LogP contribution is 2.51. The highest BCUT2D eigenvalue weighted by molar-refractivity contribution is 5.90. The van der Waals surface area contributed by atoms with Crippen molar-refractivity contribution in [3.8, 4) is 0 Å². The molecular weight excluding hydrogens is 396 g/mol. The van der Waals surface area contributed by atoms with Crippen molar-refractivity contribution < 1.29 is 33.5 Å². The molecule has 164 valence electrons. The molecule has 0 bridgehead atoms. The normalized spacial score (nSPS) is 15.1. The number of nitrogens with zero attached hydrogens (tertiary/aromatic N) is 1. The molecule has 0 aliphatic heterocycles. The lowest BCUT2D eigenvalue weighted by Crippen LogP contribution is -2.44. The number of nitro groups is 1. The summed E-state index contributed by atoms with van der Waals surface area (Å²) in [6.45, 7) is 5.72. The van der Waals surface area contributed by atoms with Crippen LogP contribution >= 0.6 is 0 Å². The number of hydrogen-bond donors (Lipinski definition) is 1. The Morgan fingerprint density at radius 3 is 2.30 bits per heavy atom. The molecular formula is C20H26N2O8. The van der Waals surface area contributed by atoms with Crippen molar-refractivity contribution in [1.29, 1.82) is 0 Å². The van der Waals surface area contributed by atoms with Crippen molar-refractivity contribution in [2.45, 2.75) is 39.7 Å². The van der Waals surface area contributed by atoms with Crippen molar-refractivity contribution in [3.05, 3.63) is 39.9 Å². The fraction of sp³-hybridized carbons (Fsp3) is 0.550. The first-order valence-electron chi connectivity index (χ1n) is 9.73. The van der Waals surface area contributed by atoms with E-state index >= 15 is 0 Å². The van der Waals surface area contributed by atoms with Gasteiger partial charge in [0.2, 0.25) is 0 Å². The second-order valence-corrected chi connectivity index (χ2v) is 7.45. The van der Waals surface area contributed by atoms with Gasteiger partial charge in [-0.15, -0.1) is 0 Å². The zero-order chi connectivity index (χ0) is 22.3. The summed E-state index contributed by atoms with van der Waals surface area (Å²) in [6.07, 6.45) is -0.745. The molecule has 10 nitrogen and oxygen atoms in total. The van der Waals surface area contributed by atoms with E-state index in [9.17, 15) is 24.5 Å². The maximum Gasteiger partial charge on any atom is 0.407 e. The molecule has 1 aliphatic carbocycles. The summed E-state index contributed by atoms with van der Waals surface area (Å²) in [5.41, 5.74) is -1.10. The maximum atomic E-state index is 12.6. The van der Waals surface area contributed by atoms with Gasteiger partial charge in [0.1, 0.15) is 11.5 Å². The van der Waals surface area contributed by atoms with Gasteiger partial charge in [-0.2, -0.15) is 0 Å². The molecule has 0 aromatic heterocycles. The Bertz CT molecular complexity index is 787. The average Bonchev–Trinajstić information content (AvgIpc) is 3.51. The number of hydrogen-bond acceptors (Lipinski definition) is 8. The molecule has 1 aromatic carbocycles. The van der Waals surface area contributed by atoms with Crippen LogP contribution in [0.15, 0.2) is 24.3 Å². The van der Waals surface area contributed by atoms with E-state index < -0.39 is 34.5 Å². The third-order valence-electron chi connectivity index (χ3n) is 4.63. The molecule has 0 radical (unpaired) electrons. The zero-order valence-electron chi connectivity index (χ0n) is 17.2. The van der Waals surface area contributed by atoms with Crippen molar-refractivity contribution in [2.75, 3.05) is 19.8 Å². The molecule has 1 saturated carbocycles. The van der Waals surface area contributed by atoms with Crippen LogP contribution in [0.5, 0.6) is 0 Å². The van der Waals surface area contributed by atoms with Gasteiger partial charge in [0.25, 0.3) is 5.69 Å². The third-order valence-corrected chi connectivity index (χ3v) is 4.63. The molecule has 0 heterocycles. The van der Waals surface area contributed by atoms with Crippen LogP contribution < -0.4 is 5.32 Å². The first-order chi connectivity index (χ1) is 14.2. The number of ether oxygens (including phenoxy) is 3. The van der Waals surface area contributed by atoms with Crippen molar-refractivity contribution in [1.82, 2.24) is 5.32 Å². The number of benzene rings is 1. The van der Waals surface area contributed by atoms with E-state index in [0.29, 0.717) is 12.8 Å². The number of nitrogens with one attached hydrogen (secondary N) is 1. The van der Waals surface area contributed by atoms with Gasteiger partial charge in [0, 0.05) is 12.1 Å². The maximum absolute atomic E-state index is 12.6. The van der Waals surface area contributed by atoms with Crippen LogP contribution in [0.4, 0.5) is 10.5 Å². The van der Waals surface area contributed by atoms with Gasteiger partial charge in [0.15, 0.2) is 0 Å². The van der Waals surface area contributed by atoms with E-state index in [4.69, 9.17) is 14.2 Å². The fourth-order valence-corrected chi connectivity index (χ4v) is 2.80. The standard InChI is InChI=1S/C20H26N2O8/c1-4-28-18(24)20(9-10-20)16(11-21-19(25)29-12-13(2)3)30-17(23)14-5-7-15(8-6-14)22(26)27/h5-8,13,16H,4,9-12H2,1-3H3,(H,21,25). The van der Waals surface area contributed by atoms with Crippen LogP contribution in [0.3, 0.4) is 0 Å². The van der Waals surface area contributed by atoms with Crippen LogP contribution in [-0.4, -0.2) is 48.8 Å². The highest BCUT2D eigenvalue weighted by Gasteiger charge is 2.59. The summed E-state index contributed by atoms with van der Waals surface area (Å²) >= 11 is 0. The number of amides is 1. The van der Waals surface area contributed by atoms with E-state index in [2.05, 4.69) is 5.32 Å². The van der Waals surface area contributed by atoms with Gasteiger partial charge in [0.05, 0.1) is 30.2 Å². The van der Waals surface area contributed by atoms with E-state index in [1.807, 2.05) is 13.8 Å². The minimum atomic E-state index is -1.03. The summed E-state index contributed by atoms with van der Waals surface area (Å²) in [4.78, 5) is 47.1. The highest BCUT2D eigenvalue weighted by atomic mass is 16.6. The number of non-ortho nitro benzene ring substituents is 1. The number of nitro benzene ring substituents is 1. The predicted molar refractivity (Wildman–Crippen MR) is 105 cm³/mol. The topological polar surface area (TPSA) is 134 Å². The minimum absolute atomic E-state index is 0.0904. The van der Waals surface area contributed by atoms with Gasteiger partial charge < -0.3 is 19.5 Å². The molecule has 1 aliphatic rings. The molecule has 1 fully saturated rings. The molecule has 1 amide bonds. The summed E-state index contributed by atoms with van der Waals surface area (Å²) in [5.74, 6) is -1.10. The number of carbonyl (C=O) groups is 3. The van der Waals surface area contributed by atoms with Crippen LogP contribution in [-0.2, 0) is 19.0 Å². The predicted octanol–water partition coefficient (Wildman–Crippen LogP) is 2.85. The van der Waals surface area contributed by atoms with E-state index in [0.717, 1.165) is 0 Å². The van der Waals surface area contributed by atoms with Crippen LogP contribution in [0, 0.1) is 21.4 Å². The monoisotopic (exact) mass is 422 g/mol. The Balaban J connectivity index is 2.11. The lowest BCUT2D eigenvalue weighted by atomic mass is 9.99. The number of alkyl carbamates (subject to hydrolysis) is 1. The van der Waals surface area contributed by atoms with Crippen LogP contribution in [0.25, 0.3) is 0 Å². The average molecular weight is 422 g/mol. The molecule has 30 heavy (non-hydrogen) atoms. The Kier molecular flexibility index (Phi) is 7.73. The van der Waals surface area contributed by atoms with Gasteiger partial charge in [-0.25, -0.2) is 9.59 Å². The van der Waals surface area contributed by atoms with Crippen LogP contribution in [0.1, 0.15) is 44.0 Å². The van der Waals surface area contributed by atoms with Gasteiger partial charge in [-0.05, 0) is 37.8 Å². The van der Waals surface area contributed by atoms with Crippen LogP contribution in [0.2, 0.25) is 0 Å². The van der Waals surface area contributed by atoms with Gasteiger partial charge in [-0.3, -0.25) is 14.9 Å². The summed E-state index contributed by atoms with van der Waals surface area (Å²) in [7, 11) is 0. The third kappa shape index (κ3) is 5.91. The second-order valence-electron chi connectivity index (χ2n) is 7.45. The minimum Gasteiger partial charge on any atom is -0.465 e. The SMILES string of the molecule is CCOC(=O)C1(C(CNC(=O)OCC(C)C)OC(=O)c2ccc([N+](=O)[O-])cc2)CC1. The second kappa shape index (κ2) is 10.0. The quantitative estimate of drug-likeness (QED) is 0.263. The zero-order valence-corrected chi connectivity index (χ0v) is 17.2. The van der Waals surface area contributed by atoms with Gasteiger partial charge in [-0.1, -0.05) is 13.8 Å². The first kappa shape index (κ1) is 23.1. The molecule has 1 N–H and O–H groups in total. The van der Waals surface area contributed by atoms with Crippen molar-refractivity contribution in [2.24, 2.45) is 11.3 Å². The van der Waals surface area contributed by atoms with Crippen molar-refractivity contribution >= 4 is 23.7 Å². The Hall–Kier alpha value is -3.17. The number of rotatable bonds is 10. The lowest BCUT2D eigenvalue weighted by Gasteiger charge is -2.25. The Labute approximate surface area is 174 Å². The molecule has 0 spiro atoms. The molecule has 1 aromatic rings. The van der Waals surface area contributed by atoms with E-state index in [1.165, 1.54) is 24.3 Å². The summed E-state index contributed by atoms with van der Waals surface area (Å²) in [5, 5.41) is 13.3. The largest absolute Gasteiger partial charge is 0.465 e. The Morgan fingerprint density at radius 1 is 1.17 bits per heavy atom. The van der Waals surface area contributed by atoms with E-state index in [1.54, 1.807) is 6.92 Å². The first-order valence-corrected chi connectivity index (χ1v) is 9.73. The molecule has 1 unspecified atom stereocenters. The van der Waals surface area contributed by atoms with Crippen molar-refractivity contribution in [3.63, 3.8) is 0 Å².